The first kappa shape index (κ1) is 39.8. The van der Waals surface area contributed by atoms with E-state index < -0.39 is 5.97 Å². The molecule has 0 bridgehead atoms. The number of carboxylic acids is 1. The van der Waals surface area contributed by atoms with Crippen LogP contribution >= 0.6 is 0 Å². The minimum atomic E-state index is -1.04. The van der Waals surface area contributed by atoms with Crippen molar-refractivity contribution in [1.29, 1.82) is 0 Å². The molecule has 6 nitrogen and oxygen atoms in total. The molecule has 0 aliphatic heterocycles. The molecule has 0 fully saturated rings. The third kappa shape index (κ3) is 31.6. The van der Waals surface area contributed by atoms with E-state index in [4.69, 9.17) is 9.84 Å². The molecule has 1 amide bonds. The predicted octanol–water partition coefficient (Wildman–Crippen LogP) is 9.50. The van der Waals surface area contributed by atoms with E-state index in [1.54, 1.807) is 0 Å². The number of esters is 1. The molecule has 0 heterocycles. The fourth-order valence-electron chi connectivity index (χ4n) is 4.24. The van der Waals surface area contributed by atoms with E-state index in [9.17, 15) is 14.4 Å². The molecule has 43 heavy (non-hydrogen) atoms. The first-order chi connectivity index (χ1) is 21.0. The lowest BCUT2D eigenvalue weighted by atomic mass is 10.0. The summed E-state index contributed by atoms with van der Waals surface area (Å²) in [5.41, 5.74) is 0. The molecule has 0 rings (SSSR count). The molecule has 0 aliphatic carbocycles. The summed E-state index contributed by atoms with van der Waals surface area (Å²) in [4.78, 5) is 34.6. The number of hydrogen-bond acceptors (Lipinski definition) is 4. The van der Waals surface area contributed by atoms with Gasteiger partial charge in [-0.15, -0.1) is 0 Å². The molecule has 0 saturated carbocycles. The number of rotatable bonds is 28. The Morgan fingerprint density at radius 1 is 0.628 bits per heavy atom. The highest BCUT2D eigenvalue weighted by atomic mass is 16.5. The van der Waals surface area contributed by atoms with E-state index in [1.807, 2.05) is 6.08 Å². The largest absolute Gasteiger partial charge is 0.480 e. The quantitative estimate of drug-likeness (QED) is 0.0532. The van der Waals surface area contributed by atoms with Gasteiger partial charge in [0, 0.05) is 12.8 Å². The van der Waals surface area contributed by atoms with Gasteiger partial charge < -0.3 is 15.2 Å². The Bertz CT molecular complexity index is 881. The molecule has 0 aliphatic rings. The lowest BCUT2D eigenvalue weighted by molar-refractivity contribution is -0.149. The molecular weight excluding hydrogens is 538 g/mol. The van der Waals surface area contributed by atoms with Crippen molar-refractivity contribution in [2.24, 2.45) is 0 Å². The fraction of sp³-hybridized carbons (Fsp3) is 0.595. The van der Waals surface area contributed by atoms with E-state index >= 15 is 0 Å². The molecule has 242 valence electrons. The molecule has 6 heteroatoms. The van der Waals surface area contributed by atoms with Gasteiger partial charge in [0.25, 0.3) is 0 Å². The van der Waals surface area contributed by atoms with Crippen LogP contribution in [0, 0.1) is 0 Å². The number of allylic oxidation sites excluding steroid dienone is 12. The van der Waals surface area contributed by atoms with E-state index in [1.165, 1.54) is 12.8 Å². The normalized spacial score (nSPS) is 13.0. The minimum absolute atomic E-state index is 0.0736. The highest BCUT2D eigenvalue weighted by Gasteiger charge is 2.14. The number of unbranched alkanes of at least 4 members (excludes halogenated alkanes) is 5. The number of carboxylic acid groups (broad SMARTS) is 1. The smallest absolute Gasteiger partial charge is 0.322 e. The molecular formula is C37H59NO5. The van der Waals surface area contributed by atoms with E-state index in [2.05, 4.69) is 86.0 Å². The van der Waals surface area contributed by atoms with Gasteiger partial charge in [0.15, 0.2) is 0 Å². The lowest BCUT2D eigenvalue weighted by Crippen LogP contribution is -2.28. The van der Waals surface area contributed by atoms with Crippen LogP contribution in [0.25, 0.3) is 0 Å². The third-order valence-electron chi connectivity index (χ3n) is 6.66. The maximum Gasteiger partial charge on any atom is 0.322 e. The van der Waals surface area contributed by atoms with Crippen molar-refractivity contribution in [2.45, 2.75) is 136 Å². The van der Waals surface area contributed by atoms with Crippen LogP contribution in [0.3, 0.4) is 0 Å². The molecule has 0 aromatic carbocycles. The first-order valence-electron chi connectivity index (χ1n) is 16.6. The average molecular weight is 598 g/mol. The number of ether oxygens (including phenoxy) is 1. The van der Waals surface area contributed by atoms with Gasteiger partial charge in [-0.1, -0.05) is 112 Å². The Kier molecular flexibility index (Phi) is 29.5. The van der Waals surface area contributed by atoms with E-state index in [0.29, 0.717) is 25.7 Å². The second kappa shape index (κ2) is 31.8. The van der Waals surface area contributed by atoms with Gasteiger partial charge >= 0.3 is 11.9 Å². The van der Waals surface area contributed by atoms with E-state index in [-0.39, 0.29) is 24.5 Å². The van der Waals surface area contributed by atoms with Crippen LogP contribution in [-0.4, -0.2) is 35.6 Å². The van der Waals surface area contributed by atoms with Crippen molar-refractivity contribution in [3.63, 3.8) is 0 Å². The first-order valence-corrected chi connectivity index (χ1v) is 16.6. The van der Waals surface area contributed by atoms with Gasteiger partial charge in [-0.2, -0.15) is 0 Å². The Morgan fingerprint density at radius 3 is 1.60 bits per heavy atom. The number of nitrogens with one attached hydrogen (secondary N) is 1. The highest BCUT2D eigenvalue weighted by molar-refractivity contribution is 5.80. The summed E-state index contributed by atoms with van der Waals surface area (Å²) < 4.78 is 5.81. The zero-order chi connectivity index (χ0) is 31.6. The van der Waals surface area contributed by atoms with Crippen molar-refractivity contribution in [2.75, 3.05) is 6.54 Å². The van der Waals surface area contributed by atoms with Crippen LogP contribution in [0.5, 0.6) is 0 Å². The van der Waals surface area contributed by atoms with Crippen LogP contribution in [0.4, 0.5) is 0 Å². The van der Waals surface area contributed by atoms with Gasteiger partial charge in [0.05, 0.1) is 0 Å². The Labute approximate surface area is 262 Å². The number of carbonyl (C=O) groups excluding carboxylic acids is 2. The topological polar surface area (TPSA) is 92.7 Å². The minimum Gasteiger partial charge on any atom is -0.480 e. The molecule has 2 N–H and O–H groups in total. The summed E-state index contributed by atoms with van der Waals surface area (Å²) in [5, 5.41) is 11.0. The predicted molar refractivity (Wildman–Crippen MR) is 180 cm³/mol. The van der Waals surface area contributed by atoms with Crippen LogP contribution in [-0.2, 0) is 19.1 Å². The third-order valence-corrected chi connectivity index (χ3v) is 6.66. The average Bonchev–Trinajstić information content (AvgIpc) is 2.99. The number of aliphatic carboxylic acids is 1. The molecule has 0 radical (unpaired) electrons. The van der Waals surface area contributed by atoms with Crippen LogP contribution in [0.15, 0.2) is 72.9 Å². The van der Waals surface area contributed by atoms with Gasteiger partial charge in [0.2, 0.25) is 5.91 Å². The number of amides is 1. The van der Waals surface area contributed by atoms with Gasteiger partial charge in [0.1, 0.15) is 12.6 Å². The molecule has 1 unspecified atom stereocenters. The molecule has 0 aromatic heterocycles. The van der Waals surface area contributed by atoms with Crippen LogP contribution in [0.1, 0.15) is 129 Å². The SMILES string of the molecule is CC/C=C\C/C=C\C/C=C\C/C=C\C/C=C\C/C=C\CCC(=O)OC(CCCCCC)CCCCCC(=O)NCC(=O)O. The summed E-state index contributed by atoms with van der Waals surface area (Å²) in [6.07, 6.45) is 41.8. The van der Waals surface area contributed by atoms with E-state index in [0.717, 1.165) is 77.0 Å². The Hall–Kier alpha value is -3.15. The van der Waals surface area contributed by atoms with Crippen molar-refractivity contribution < 1.29 is 24.2 Å². The Balaban J connectivity index is 4.10. The molecule has 0 aromatic rings. The van der Waals surface area contributed by atoms with Crippen molar-refractivity contribution >= 4 is 17.8 Å². The zero-order valence-electron chi connectivity index (χ0n) is 27.0. The van der Waals surface area contributed by atoms with Crippen molar-refractivity contribution in [1.82, 2.24) is 5.32 Å². The lowest BCUT2D eigenvalue weighted by Gasteiger charge is -2.18. The van der Waals surface area contributed by atoms with Crippen molar-refractivity contribution in [3.8, 4) is 0 Å². The number of hydrogen-bond donors (Lipinski definition) is 2. The maximum atomic E-state index is 12.4. The maximum absolute atomic E-state index is 12.4. The van der Waals surface area contributed by atoms with Gasteiger partial charge in [-0.05, 0) is 77.0 Å². The fourth-order valence-corrected chi connectivity index (χ4v) is 4.24. The number of carbonyl (C=O) groups is 3. The van der Waals surface area contributed by atoms with Gasteiger partial charge in [-0.25, -0.2) is 0 Å². The summed E-state index contributed by atoms with van der Waals surface area (Å²) in [7, 11) is 0. The summed E-state index contributed by atoms with van der Waals surface area (Å²) in [6, 6.07) is 0. The summed E-state index contributed by atoms with van der Waals surface area (Å²) >= 11 is 0. The zero-order valence-corrected chi connectivity index (χ0v) is 27.0. The highest BCUT2D eigenvalue weighted by Crippen LogP contribution is 2.16. The van der Waals surface area contributed by atoms with Gasteiger partial charge in [-0.3, -0.25) is 14.4 Å². The second-order valence-electron chi connectivity index (χ2n) is 10.7. The Morgan fingerprint density at radius 2 is 1.12 bits per heavy atom. The van der Waals surface area contributed by atoms with Crippen LogP contribution < -0.4 is 5.32 Å². The molecule has 1 atom stereocenters. The second-order valence-corrected chi connectivity index (χ2v) is 10.7. The monoisotopic (exact) mass is 597 g/mol. The summed E-state index contributed by atoms with van der Waals surface area (Å²) in [5.74, 6) is -1.42. The summed E-state index contributed by atoms with van der Waals surface area (Å²) in [6.45, 7) is 3.99. The standard InChI is InChI=1S/C37H59NO5/c1-3-5-7-9-10-11-12-13-14-15-16-17-18-19-20-21-22-23-28-32-37(42)43-34(29-25-8-6-4-2)30-26-24-27-31-35(39)38-33-36(40)41/h5,7,10-11,13-14,16-17,19-20,22-23,34H,3-4,6,8-9,12,15,18,21,24-33H2,1-2H3,(H,38,39)(H,40,41)/b7-5-,11-10-,14-13-,17-16-,20-19-,23-22-. The van der Waals surface area contributed by atoms with Crippen molar-refractivity contribution in [3.05, 3.63) is 72.9 Å². The molecule has 0 saturated heterocycles. The molecule has 0 spiro atoms. The van der Waals surface area contributed by atoms with Crippen LogP contribution in [0.2, 0.25) is 0 Å².